The van der Waals surface area contributed by atoms with Crippen molar-refractivity contribution in [3.05, 3.63) is 69.5 Å². The van der Waals surface area contributed by atoms with Crippen LogP contribution >= 0.6 is 23.4 Å². The highest BCUT2D eigenvalue weighted by atomic mass is 35.5. The fourth-order valence-corrected chi connectivity index (χ4v) is 4.40. The van der Waals surface area contributed by atoms with Gasteiger partial charge in [0.15, 0.2) is 5.16 Å². The van der Waals surface area contributed by atoms with E-state index in [4.69, 9.17) is 21.3 Å². The van der Waals surface area contributed by atoms with Gasteiger partial charge in [0.25, 0.3) is 5.56 Å². The summed E-state index contributed by atoms with van der Waals surface area (Å²) in [5.41, 5.74) is 1.60. The summed E-state index contributed by atoms with van der Waals surface area (Å²) in [6, 6.07) is 15.1. The largest absolute Gasteiger partial charge is 0.377 e. The van der Waals surface area contributed by atoms with Crippen molar-refractivity contribution in [1.82, 2.24) is 9.55 Å². The average Bonchev–Trinajstić information content (AvgIpc) is 3.18. The van der Waals surface area contributed by atoms with Gasteiger partial charge in [-0.15, -0.1) is 0 Å². The maximum atomic E-state index is 13.1. The van der Waals surface area contributed by atoms with Gasteiger partial charge in [-0.25, -0.2) is 4.98 Å². The predicted octanol–water partition coefficient (Wildman–Crippen LogP) is 4.37. The second-order valence-corrected chi connectivity index (χ2v) is 7.73. The van der Waals surface area contributed by atoms with Crippen molar-refractivity contribution in [2.24, 2.45) is 0 Å². The van der Waals surface area contributed by atoms with Gasteiger partial charge in [0.2, 0.25) is 0 Å². The van der Waals surface area contributed by atoms with Crippen LogP contribution in [0.1, 0.15) is 18.4 Å². The molecule has 6 heteroatoms. The van der Waals surface area contributed by atoms with Gasteiger partial charge < -0.3 is 4.74 Å². The molecule has 134 valence electrons. The highest BCUT2D eigenvalue weighted by Gasteiger charge is 2.18. The molecule has 1 aliphatic rings. The molecule has 1 saturated heterocycles. The minimum atomic E-state index is -0.0367. The van der Waals surface area contributed by atoms with E-state index < -0.39 is 0 Å². The van der Waals surface area contributed by atoms with Crippen molar-refractivity contribution in [2.75, 3.05) is 12.4 Å². The lowest BCUT2D eigenvalue weighted by Crippen LogP contribution is -2.24. The van der Waals surface area contributed by atoms with Crippen molar-refractivity contribution in [3.63, 3.8) is 0 Å². The summed E-state index contributed by atoms with van der Waals surface area (Å²) in [6.45, 7) is 1.23. The van der Waals surface area contributed by atoms with Crippen LogP contribution < -0.4 is 5.56 Å². The summed E-state index contributed by atoms with van der Waals surface area (Å²) in [5, 5.41) is 1.99. The molecule has 3 aromatic rings. The third-order valence-corrected chi connectivity index (χ3v) is 6.01. The number of ether oxygens (including phenoxy) is 1. The topological polar surface area (TPSA) is 44.1 Å². The molecule has 4 nitrogen and oxygen atoms in total. The molecule has 4 rings (SSSR count). The van der Waals surface area contributed by atoms with E-state index in [2.05, 4.69) is 0 Å². The normalized spacial score (nSPS) is 17.0. The van der Waals surface area contributed by atoms with Crippen LogP contribution in [0.5, 0.6) is 0 Å². The molecule has 0 N–H and O–H groups in total. The molecular weight excluding hydrogens is 368 g/mol. The number of halogens is 1. The Bertz CT molecular complexity index is 983. The molecule has 0 spiro atoms. The van der Waals surface area contributed by atoms with Gasteiger partial charge in [-0.05, 0) is 36.6 Å². The molecule has 0 saturated carbocycles. The zero-order valence-electron chi connectivity index (χ0n) is 14.2. The maximum absolute atomic E-state index is 13.1. The Hall–Kier alpha value is -1.82. The molecular formula is C20H19ClN2O2S. The quantitative estimate of drug-likeness (QED) is 0.482. The van der Waals surface area contributed by atoms with Crippen molar-refractivity contribution >= 4 is 34.3 Å². The van der Waals surface area contributed by atoms with Gasteiger partial charge in [-0.2, -0.15) is 0 Å². The predicted molar refractivity (Wildman–Crippen MR) is 106 cm³/mol. The van der Waals surface area contributed by atoms with Crippen LogP contribution in [0.4, 0.5) is 0 Å². The Labute approximate surface area is 161 Å². The van der Waals surface area contributed by atoms with Crippen LogP contribution in [-0.4, -0.2) is 28.0 Å². The number of fused-ring (bicyclic) bond motifs is 1. The van der Waals surface area contributed by atoms with E-state index in [0.717, 1.165) is 36.3 Å². The number of benzene rings is 2. The van der Waals surface area contributed by atoms with E-state index in [1.54, 1.807) is 16.3 Å². The molecule has 1 aromatic heterocycles. The SMILES string of the molecule is O=c1c2ccccc2nc(SC[C@@H]2CCCO2)n1Cc1ccccc1Cl. The lowest BCUT2D eigenvalue weighted by atomic mass is 10.2. The molecule has 1 fully saturated rings. The zero-order valence-corrected chi connectivity index (χ0v) is 15.8. The first kappa shape index (κ1) is 17.6. The van der Waals surface area contributed by atoms with Gasteiger partial charge in [0, 0.05) is 17.4 Å². The number of aromatic nitrogens is 2. The van der Waals surface area contributed by atoms with Crippen LogP contribution in [0, 0.1) is 0 Å². The Morgan fingerprint density at radius 2 is 2.00 bits per heavy atom. The van der Waals surface area contributed by atoms with Crippen LogP contribution in [-0.2, 0) is 11.3 Å². The third kappa shape index (κ3) is 3.65. The summed E-state index contributed by atoms with van der Waals surface area (Å²) in [5.74, 6) is 0.799. The van der Waals surface area contributed by atoms with E-state index in [1.807, 2.05) is 48.5 Å². The van der Waals surface area contributed by atoms with Gasteiger partial charge >= 0.3 is 0 Å². The first-order valence-electron chi connectivity index (χ1n) is 8.70. The Kier molecular flexibility index (Phi) is 5.29. The number of hydrogen-bond acceptors (Lipinski definition) is 4. The fourth-order valence-electron chi connectivity index (χ4n) is 3.14. The summed E-state index contributed by atoms with van der Waals surface area (Å²) >= 11 is 7.90. The fraction of sp³-hybridized carbons (Fsp3) is 0.300. The maximum Gasteiger partial charge on any atom is 0.262 e. The lowest BCUT2D eigenvalue weighted by molar-refractivity contribution is 0.129. The monoisotopic (exact) mass is 386 g/mol. The van der Waals surface area contributed by atoms with Crippen molar-refractivity contribution in [2.45, 2.75) is 30.6 Å². The molecule has 0 unspecified atom stereocenters. The average molecular weight is 387 g/mol. The smallest absolute Gasteiger partial charge is 0.262 e. The van der Waals surface area contributed by atoms with Gasteiger partial charge in [0.05, 0.1) is 23.6 Å². The molecule has 0 radical (unpaired) electrons. The third-order valence-electron chi connectivity index (χ3n) is 4.54. The second-order valence-electron chi connectivity index (χ2n) is 6.34. The number of thioether (sulfide) groups is 1. The van der Waals surface area contributed by atoms with Crippen LogP contribution in [0.2, 0.25) is 5.02 Å². The molecule has 2 aromatic carbocycles. The summed E-state index contributed by atoms with van der Waals surface area (Å²) in [7, 11) is 0. The summed E-state index contributed by atoms with van der Waals surface area (Å²) in [6.07, 6.45) is 2.40. The number of rotatable bonds is 5. The van der Waals surface area contributed by atoms with E-state index in [9.17, 15) is 4.79 Å². The number of hydrogen-bond donors (Lipinski definition) is 0. The van der Waals surface area contributed by atoms with E-state index >= 15 is 0 Å². The van der Waals surface area contributed by atoms with Gasteiger partial charge in [-0.3, -0.25) is 9.36 Å². The minimum Gasteiger partial charge on any atom is -0.377 e. The zero-order chi connectivity index (χ0) is 17.9. The van der Waals surface area contributed by atoms with Crippen molar-refractivity contribution in [3.8, 4) is 0 Å². The van der Waals surface area contributed by atoms with E-state index in [1.165, 1.54) is 0 Å². The standard InChI is InChI=1S/C20H19ClN2O2S/c21-17-9-3-1-6-14(17)12-23-19(24)16-8-2-4-10-18(16)22-20(23)26-13-15-7-5-11-25-15/h1-4,6,8-10,15H,5,7,11-13H2/t15-/m0/s1. The number of nitrogens with zero attached hydrogens (tertiary/aromatic N) is 2. The second kappa shape index (κ2) is 7.82. The van der Waals surface area contributed by atoms with Crippen LogP contribution in [0.3, 0.4) is 0 Å². The van der Waals surface area contributed by atoms with Crippen LogP contribution in [0.15, 0.2) is 58.5 Å². The van der Waals surface area contributed by atoms with Crippen molar-refractivity contribution < 1.29 is 4.74 Å². The highest BCUT2D eigenvalue weighted by Crippen LogP contribution is 2.25. The van der Waals surface area contributed by atoms with E-state index in [0.29, 0.717) is 22.1 Å². The summed E-state index contributed by atoms with van der Waals surface area (Å²) < 4.78 is 7.44. The molecule has 1 aliphatic heterocycles. The molecule has 0 aliphatic carbocycles. The Balaban J connectivity index is 1.74. The summed E-state index contributed by atoms with van der Waals surface area (Å²) in [4.78, 5) is 17.8. The van der Waals surface area contributed by atoms with Crippen LogP contribution in [0.25, 0.3) is 10.9 Å². The highest BCUT2D eigenvalue weighted by molar-refractivity contribution is 7.99. The van der Waals surface area contributed by atoms with Crippen molar-refractivity contribution in [1.29, 1.82) is 0 Å². The van der Waals surface area contributed by atoms with Gasteiger partial charge in [0.1, 0.15) is 0 Å². The molecule has 0 bridgehead atoms. The molecule has 2 heterocycles. The first-order chi connectivity index (χ1) is 12.7. The molecule has 0 amide bonds. The number of para-hydroxylation sites is 1. The first-order valence-corrected chi connectivity index (χ1v) is 10.1. The lowest BCUT2D eigenvalue weighted by Gasteiger charge is -2.15. The Morgan fingerprint density at radius 3 is 2.81 bits per heavy atom. The van der Waals surface area contributed by atoms with Gasteiger partial charge in [-0.1, -0.05) is 53.7 Å². The molecule has 26 heavy (non-hydrogen) atoms. The minimum absolute atomic E-state index is 0.0367. The Morgan fingerprint density at radius 1 is 1.19 bits per heavy atom. The molecule has 1 atom stereocenters. The van der Waals surface area contributed by atoms with E-state index in [-0.39, 0.29) is 11.7 Å².